The van der Waals surface area contributed by atoms with E-state index in [0.717, 1.165) is 0 Å². The predicted octanol–water partition coefficient (Wildman–Crippen LogP) is -0.849. The van der Waals surface area contributed by atoms with Crippen molar-refractivity contribution >= 4 is 15.7 Å². The van der Waals surface area contributed by atoms with Crippen molar-refractivity contribution in [1.82, 2.24) is 5.32 Å². The minimum Gasteiger partial charge on any atom is -0.368 e. The summed E-state index contributed by atoms with van der Waals surface area (Å²) in [5.41, 5.74) is 5.12. The van der Waals surface area contributed by atoms with Crippen LogP contribution in [0.4, 0.5) is 0 Å². The van der Waals surface area contributed by atoms with Gasteiger partial charge in [-0.15, -0.1) is 0 Å². The molecule has 3 N–H and O–H groups in total. The van der Waals surface area contributed by atoms with Crippen LogP contribution in [0.5, 0.6) is 0 Å². The molecule has 0 aromatic carbocycles. The van der Waals surface area contributed by atoms with E-state index in [1.807, 2.05) is 6.92 Å². The molecule has 14 heavy (non-hydrogen) atoms. The Hall–Kier alpha value is -0.880. The van der Waals surface area contributed by atoms with E-state index in [1.54, 1.807) is 6.08 Å². The first-order valence-corrected chi connectivity index (χ1v) is 6.12. The number of amides is 1. The van der Waals surface area contributed by atoms with Crippen molar-refractivity contribution in [3.8, 4) is 0 Å². The second-order valence-electron chi connectivity index (χ2n) is 3.29. The smallest absolute Gasteiger partial charge is 0.234 e. The number of rotatable bonds is 4. The normalized spacial score (nSPS) is 26.2. The average molecular weight is 218 g/mol. The number of nitrogens with one attached hydrogen (secondary N) is 1. The van der Waals surface area contributed by atoms with E-state index >= 15 is 0 Å². The Morgan fingerprint density at radius 1 is 1.71 bits per heavy atom. The van der Waals surface area contributed by atoms with Crippen LogP contribution in [0.2, 0.25) is 0 Å². The van der Waals surface area contributed by atoms with Crippen molar-refractivity contribution < 1.29 is 13.2 Å². The lowest BCUT2D eigenvalue weighted by Crippen LogP contribution is -2.46. The number of carbonyl (C=O) groups excluding carboxylic acids is 1. The van der Waals surface area contributed by atoms with Crippen molar-refractivity contribution in [3.05, 3.63) is 11.5 Å². The SMILES string of the molecule is CCC(NC1C=CS(=O)(=O)C1)C(N)=O. The first kappa shape index (κ1) is 11.2. The molecule has 2 unspecified atom stereocenters. The zero-order valence-corrected chi connectivity index (χ0v) is 8.75. The molecule has 0 aliphatic carbocycles. The highest BCUT2D eigenvalue weighted by Crippen LogP contribution is 2.09. The van der Waals surface area contributed by atoms with Gasteiger partial charge in [0.15, 0.2) is 9.84 Å². The van der Waals surface area contributed by atoms with Gasteiger partial charge in [0.25, 0.3) is 0 Å². The summed E-state index contributed by atoms with van der Waals surface area (Å²) in [6, 6.07) is -0.754. The van der Waals surface area contributed by atoms with E-state index in [1.165, 1.54) is 5.41 Å². The third-order valence-electron chi connectivity index (χ3n) is 2.10. The summed E-state index contributed by atoms with van der Waals surface area (Å²) in [6.07, 6.45) is 2.10. The maximum Gasteiger partial charge on any atom is 0.234 e. The zero-order chi connectivity index (χ0) is 10.8. The third kappa shape index (κ3) is 2.81. The minimum absolute atomic E-state index is 0.0107. The fourth-order valence-electron chi connectivity index (χ4n) is 1.34. The molecule has 5 nitrogen and oxygen atoms in total. The van der Waals surface area contributed by atoms with Crippen molar-refractivity contribution in [1.29, 1.82) is 0 Å². The Kier molecular flexibility index (Phi) is 3.28. The highest BCUT2D eigenvalue weighted by atomic mass is 32.2. The fraction of sp³-hybridized carbons (Fsp3) is 0.625. The van der Waals surface area contributed by atoms with Gasteiger partial charge in [-0.1, -0.05) is 13.0 Å². The fourth-order valence-corrected chi connectivity index (χ4v) is 2.59. The van der Waals surface area contributed by atoms with Crippen LogP contribution < -0.4 is 11.1 Å². The zero-order valence-electron chi connectivity index (χ0n) is 7.93. The topological polar surface area (TPSA) is 89.3 Å². The number of hydrogen-bond donors (Lipinski definition) is 2. The highest BCUT2D eigenvalue weighted by Gasteiger charge is 2.24. The molecule has 1 aliphatic heterocycles. The molecule has 0 aromatic rings. The number of primary amides is 1. The standard InChI is InChI=1S/C8H14N2O3S/c1-2-7(8(9)11)10-6-3-4-14(12,13)5-6/h3-4,6-7,10H,2,5H2,1H3,(H2,9,11). The molecule has 1 amide bonds. The summed E-state index contributed by atoms with van der Waals surface area (Å²) in [4.78, 5) is 10.9. The molecule has 1 heterocycles. The summed E-state index contributed by atoms with van der Waals surface area (Å²) in [5.74, 6) is -0.443. The second-order valence-corrected chi connectivity index (χ2v) is 5.23. The maximum atomic E-state index is 11.0. The van der Waals surface area contributed by atoms with Gasteiger partial charge in [0.1, 0.15) is 0 Å². The van der Waals surface area contributed by atoms with E-state index in [2.05, 4.69) is 5.32 Å². The lowest BCUT2D eigenvalue weighted by Gasteiger charge is -2.16. The summed E-state index contributed by atoms with van der Waals surface area (Å²) < 4.78 is 22.1. The first-order chi connectivity index (χ1) is 6.44. The molecular weight excluding hydrogens is 204 g/mol. The molecule has 2 atom stereocenters. The number of sulfone groups is 1. The predicted molar refractivity (Wildman–Crippen MR) is 53.1 cm³/mol. The van der Waals surface area contributed by atoms with Crippen LogP contribution in [0.25, 0.3) is 0 Å². The molecule has 0 saturated heterocycles. The van der Waals surface area contributed by atoms with Gasteiger partial charge in [0, 0.05) is 11.4 Å². The maximum absolute atomic E-state index is 11.0. The monoisotopic (exact) mass is 218 g/mol. The molecule has 6 heteroatoms. The van der Waals surface area contributed by atoms with Crippen LogP contribution in [0.3, 0.4) is 0 Å². The van der Waals surface area contributed by atoms with E-state index in [0.29, 0.717) is 6.42 Å². The minimum atomic E-state index is -3.07. The van der Waals surface area contributed by atoms with Gasteiger partial charge >= 0.3 is 0 Å². The summed E-state index contributed by atoms with van der Waals surface area (Å²) in [7, 11) is -3.07. The molecule has 0 fully saturated rings. The van der Waals surface area contributed by atoms with Crippen molar-refractivity contribution in [2.75, 3.05) is 5.75 Å². The number of nitrogens with two attached hydrogens (primary N) is 1. The largest absolute Gasteiger partial charge is 0.368 e. The molecule has 0 spiro atoms. The van der Waals surface area contributed by atoms with E-state index in [4.69, 9.17) is 5.73 Å². The van der Waals surface area contributed by atoms with Crippen LogP contribution in [0.1, 0.15) is 13.3 Å². The van der Waals surface area contributed by atoms with Crippen molar-refractivity contribution in [3.63, 3.8) is 0 Å². The Bertz CT molecular complexity index is 348. The van der Waals surface area contributed by atoms with Crippen LogP contribution in [-0.4, -0.2) is 32.2 Å². The van der Waals surface area contributed by atoms with Gasteiger partial charge in [-0.2, -0.15) is 0 Å². The molecule has 0 radical (unpaired) electrons. The summed E-state index contributed by atoms with van der Waals surface area (Å²) in [6.45, 7) is 1.82. The van der Waals surface area contributed by atoms with Crippen LogP contribution in [0.15, 0.2) is 11.5 Å². The summed E-state index contributed by atoms with van der Waals surface area (Å²) in [5, 5.41) is 4.05. The van der Waals surface area contributed by atoms with Crippen LogP contribution in [-0.2, 0) is 14.6 Å². The Morgan fingerprint density at radius 2 is 2.36 bits per heavy atom. The van der Waals surface area contributed by atoms with Crippen molar-refractivity contribution in [2.24, 2.45) is 5.73 Å². The third-order valence-corrected chi connectivity index (χ3v) is 3.49. The highest BCUT2D eigenvalue weighted by molar-refractivity contribution is 7.94. The van der Waals surface area contributed by atoms with Gasteiger partial charge in [-0.05, 0) is 6.42 Å². The molecule has 0 saturated carbocycles. The van der Waals surface area contributed by atoms with Gasteiger partial charge in [-0.25, -0.2) is 8.42 Å². The van der Waals surface area contributed by atoms with E-state index < -0.39 is 21.8 Å². The average Bonchev–Trinajstić information content (AvgIpc) is 2.41. The Balaban J connectivity index is 2.55. The molecular formula is C8H14N2O3S. The summed E-state index contributed by atoms with van der Waals surface area (Å²) >= 11 is 0. The van der Waals surface area contributed by atoms with Crippen LogP contribution in [0, 0.1) is 0 Å². The van der Waals surface area contributed by atoms with E-state index in [-0.39, 0.29) is 11.8 Å². The quantitative estimate of drug-likeness (QED) is 0.643. The molecule has 80 valence electrons. The Morgan fingerprint density at radius 3 is 2.71 bits per heavy atom. The van der Waals surface area contributed by atoms with Gasteiger partial charge in [0.2, 0.25) is 5.91 Å². The van der Waals surface area contributed by atoms with E-state index in [9.17, 15) is 13.2 Å². The second kappa shape index (κ2) is 4.10. The number of carbonyl (C=O) groups is 1. The Labute approximate surface area is 83.3 Å². The lowest BCUT2D eigenvalue weighted by atomic mass is 10.2. The molecule has 0 aromatic heterocycles. The van der Waals surface area contributed by atoms with Gasteiger partial charge < -0.3 is 5.73 Å². The van der Waals surface area contributed by atoms with Gasteiger partial charge in [0.05, 0.1) is 11.8 Å². The van der Waals surface area contributed by atoms with Crippen LogP contribution >= 0.6 is 0 Å². The molecule has 1 aliphatic rings. The van der Waals surface area contributed by atoms with Crippen molar-refractivity contribution in [2.45, 2.75) is 25.4 Å². The number of hydrogen-bond acceptors (Lipinski definition) is 4. The molecule has 1 rings (SSSR count). The first-order valence-electron chi connectivity index (χ1n) is 4.41. The van der Waals surface area contributed by atoms with Gasteiger partial charge in [-0.3, -0.25) is 10.1 Å². The lowest BCUT2D eigenvalue weighted by molar-refractivity contribution is -0.120. The molecule has 0 bridgehead atoms.